The number of alkyl halides is 3. The van der Waals surface area contributed by atoms with E-state index in [0.717, 1.165) is 6.07 Å². The lowest BCUT2D eigenvalue weighted by Crippen LogP contribution is -2.46. The zero-order valence-corrected chi connectivity index (χ0v) is 16.9. The molecule has 0 saturated carbocycles. The van der Waals surface area contributed by atoms with E-state index < -0.39 is 23.5 Å². The first-order chi connectivity index (χ1) is 14.6. The highest BCUT2D eigenvalue weighted by molar-refractivity contribution is 6.31. The average Bonchev–Trinajstić information content (AvgIpc) is 3.01. The molecule has 2 N–H and O–H groups in total. The van der Waals surface area contributed by atoms with Gasteiger partial charge in [0.15, 0.2) is 0 Å². The van der Waals surface area contributed by atoms with E-state index in [0.29, 0.717) is 18.8 Å². The number of ether oxygens (including phenoxy) is 1. The fraction of sp³-hybridized carbons (Fsp3) is 0.318. The molecule has 0 radical (unpaired) electrons. The summed E-state index contributed by atoms with van der Waals surface area (Å²) in [5.41, 5.74) is -0.164. The van der Waals surface area contributed by atoms with Crippen molar-refractivity contribution < 1.29 is 27.1 Å². The van der Waals surface area contributed by atoms with Crippen LogP contribution in [0.4, 0.5) is 34.6 Å². The zero-order valence-electron chi connectivity index (χ0n) is 16.9. The molecule has 2 aliphatic heterocycles. The van der Waals surface area contributed by atoms with Crippen molar-refractivity contribution in [1.82, 2.24) is 0 Å². The molecule has 0 aromatic heterocycles. The van der Waals surface area contributed by atoms with Crippen LogP contribution < -0.4 is 15.5 Å². The van der Waals surface area contributed by atoms with Gasteiger partial charge in [0.2, 0.25) is 0 Å². The maximum absolute atomic E-state index is 14.2. The third kappa shape index (κ3) is 4.23. The van der Waals surface area contributed by atoms with Crippen LogP contribution in [0.25, 0.3) is 5.57 Å². The van der Waals surface area contributed by atoms with Gasteiger partial charge in [0, 0.05) is 36.2 Å². The molecule has 1 saturated heterocycles. The number of fused-ring (bicyclic) bond motifs is 1. The number of carbonyl (C=O) groups is 1. The first kappa shape index (κ1) is 21.2. The van der Waals surface area contributed by atoms with E-state index in [-0.39, 0.29) is 34.7 Å². The first-order valence-electron chi connectivity index (χ1n) is 9.82. The molecule has 1 fully saturated rings. The van der Waals surface area contributed by atoms with Crippen LogP contribution in [0.3, 0.4) is 0 Å². The minimum absolute atomic E-state index is 0.0153. The highest BCUT2D eigenvalue weighted by atomic mass is 19.4. The fourth-order valence-electron chi connectivity index (χ4n) is 4.00. The van der Waals surface area contributed by atoms with Gasteiger partial charge in [-0.15, -0.1) is 0 Å². The topological polar surface area (TPSA) is 53.6 Å². The predicted octanol–water partition coefficient (Wildman–Crippen LogP) is 4.86. The molecule has 2 aromatic rings. The van der Waals surface area contributed by atoms with E-state index in [4.69, 9.17) is 4.74 Å². The lowest BCUT2D eigenvalue weighted by molar-refractivity contribution is -0.137. The Morgan fingerprint density at radius 3 is 2.55 bits per heavy atom. The van der Waals surface area contributed by atoms with E-state index in [2.05, 4.69) is 10.6 Å². The van der Waals surface area contributed by atoms with Crippen molar-refractivity contribution in [3.63, 3.8) is 0 Å². The first-order valence-corrected chi connectivity index (χ1v) is 9.82. The molecule has 4 rings (SSSR count). The molecular formula is C22H21F4N3O2. The van der Waals surface area contributed by atoms with Gasteiger partial charge in [-0.05, 0) is 44.2 Å². The van der Waals surface area contributed by atoms with Crippen molar-refractivity contribution in [3.8, 4) is 0 Å². The van der Waals surface area contributed by atoms with Crippen molar-refractivity contribution in [2.24, 2.45) is 0 Å². The maximum Gasteiger partial charge on any atom is 0.418 e. The summed E-state index contributed by atoms with van der Waals surface area (Å²) in [6.45, 7) is 4.34. The minimum Gasteiger partial charge on any atom is -0.372 e. The van der Waals surface area contributed by atoms with Gasteiger partial charge in [0.25, 0.3) is 5.91 Å². The normalized spacial score (nSPS) is 22.5. The Labute approximate surface area is 176 Å². The average molecular weight is 435 g/mol. The summed E-state index contributed by atoms with van der Waals surface area (Å²) >= 11 is 0. The molecule has 0 bridgehead atoms. The Hall–Kier alpha value is -3.07. The number of nitrogens with zero attached hydrogens (tertiary/aromatic N) is 1. The summed E-state index contributed by atoms with van der Waals surface area (Å²) in [4.78, 5) is 13.8. The molecule has 2 atom stereocenters. The third-order valence-electron chi connectivity index (χ3n) is 5.22. The van der Waals surface area contributed by atoms with Gasteiger partial charge >= 0.3 is 6.18 Å². The van der Waals surface area contributed by atoms with Crippen LogP contribution in [0.1, 0.15) is 25.0 Å². The van der Waals surface area contributed by atoms with E-state index in [1.54, 1.807) is 11.0 Å². The van der Waals surface area contributed by atoms with E-state index in [1.807, 2.05) is 13.8 Å². The zero-order chi connectivity index (χ0) is 22.3. The number of rotatable bonds is 3. The van der Waals surface area contributed by atoms with Gasteiger partial charge in [0.1, 0.15) is 5.82 Å². The number of carbonyl (C=O) groups excluding carboxylic acids is 1. The second-order valence-corrected chi connectivity index (χ2v) is 7.71. The summed E-state index contributed by atoms with van der Waals surface area (Å²) in [5, 5.41) is 5.25. The van der Waals surface area contributed by atoms with Crippen LogP contribution >= 0.6 is 0 Å². The Kier molecular flexibility index (Phi) is 5.38. The van der Waals surface area contributed by atoms with E-state index >= 15 is 0 Å². The number of hydrogen-bond donors (Lipinski definition) is 2. The molecule has 2 aliphatic rings. The lowest BCUT2D eigenvalue weighted by atomic mass is 10.1. The van der Waals surface area contributed by atoms with Gasteiger partial charge < -0.3 is 20.3 Å². The molecule has 1 amide bonds. The molecule has 2 unspecified atom stereocenters. The molecule has 164 valence electrons. The summed E-state index contributed by atoms with van der Waals surface area (Å²) in [6, 6.07) is 8.13. The van der Waals surface area contributed by atoms with Crippen molar-refractivity contribution in [1.29, 1.82) is 0 Å². The minimum atomic E-state index is -4.58. The molecule has 31 heavy (non-hydrogen) atoms. The molecule has 9 heteroatoms. The Bertz CT molecular complexity index is 1040. The lowest BCUT2D eigenvalue weighted by Gasteiger charge is -2.38. The van der Waals surface area contributed by atoms with E-state index in [9.17, 15) is 22.4 Å². The van der Waals surface area contributed by atoms with Gasteiger partial charge in [-0.1, -0.05) is 6.07 Å². The van der Waals surface area contributed by atoms with Crippen molar-refractivity contribution >= 4 is 28.5 Å². The van der Waals surface area contributed by atoms with Crippen LogP contribution in [-0.4, -0.2) is 31.2 Å². The number of hydrogen-bond acceptors (Lipinski definition) is 4. The van der Waals surface area contributed by atoms with Gasteiger partial charge in [-0.2, -0.15) is 13.2 Å². The number of morpholine rings is 1. The van der Waals surface area contributed by atoms with E-state index in [1.165, 1.54) is 30.5 Å². The fourth-order valence-corrected chi connectivity index (χ4v) is 4.00. The van der Waals surface area contributed by atoms with Gasteiger partial charge in [-0.3, -0.25) is 4.79 Å². The number of amides is 1. The second kappa shape index (κ2) is 7.88. The number of nitrogens with one attached hydrogen (secondary N) is 2. The standard InChI is InChI=1S/C22H21F4N3O2/c1-12-10-29(11-13(2)31-12)19-7-6-14(8-16(19)22(24,25)26)27-9-15-20-17(23)4-3-5-18(20)28-21(15)30/h3-9,12-13,27H,10-11H2,1-2H3,(H,28,30). The largest absolute Gasteiger partial charge is 0.418 e. The Balaban J connectivity index is 1.65. The summed E-state index contributed by atoms with van der Waals surface area (Å²) in [5.74, 6) is -1.12. The second-order valence-electron chi connectivity index (χ2n) is 7.71. The summed E-state index contributed by atoms with van der Waals surface area (Å²) in [6.07, 6.45) is -3.74. The van der Waals surface area contributed by atoms with Crippen molar-refractivity contribution in [2.45, 2.75) is 32.2 Å². The molecule has 2 aromatic carbocycles. The maximum atomic E-state index is 14.2. The molecule has 5 nitrogen and oxygen atoms in total. The van der Waals surface area contributed by atoms with Crippen molar-refractivity contribution in [3.05, 3.63) is 59.5 Å². The van der Waals surface area contributed by atoms with Crippen LogP contribution in [0.15, 0.2) is 42.6 Å². The monoisotopic (exact) mass is 435 g/mol. The quantitative estimate of drug-likeness (QED) is 0.534. The third-order valence-corrected chi connectivity index (χ3v) is 5.22. The Morgan fingerprint density at radius 1 is 1.16 bits per heavy atom. The van der Waals surface area contributed by atoms with Crippen LogP contribution in [-0.2, 0) is 15.7 Å². The highest BCUT2D eigenvalue weighted by Gasteiger charge is 2.37. The number of halogens is 4. The summed E-state index contributed by atoms with van der Waals surface area (Å²) < 4.78 is 61.2. The SMILES string of the molecule is CC1CN(c2ccc(NC=C3C(=O)Nc4cccc(F)c43)cc2C(F)(F)F)CC(C)O1. The summed E-state index contributed by atoms with van der Waals surface area (Å²) in [7, 11) is 0. The smallest absolute Gasteiger partial charge is 0.372 e. The highest BCUT2D eigenvalue weighted by Crippen LogP contribution is 2.39. The van der Waals surface area contributed by atoms with Crippen LogP contribution in [0, 0.1) is 5.82 Å². The predicted molar refractivity (Wildman–Crippen MR) is 110 cm³/mol. The number of anilines is 3. The van der Waals surface area contributed by atoms with Gasteiger partial charge in [0.05, 0.1) is 29.0 Å². The molecule has 0 spiro atoms. The van der Waals surface area contributed by atoms with Crippen LogP contribution in [0.5, 0.6) is 0 Å². The molecule has 2 heterocycles. The number of benzene rings is 2. The van der Waals surface area contributed by atoms with Crippen molar-refractivity contribution in [2.75, 3.05) is 28.6 Å². The Morgan fingerprint density at radius 2 is 1.87 bits per heavy atom. The van der Waals surface area contributed by atoms with Gasteiger partial charge in [-0.25, -0.2) is 4.39 Å². The molecular weight excluding hydrogens is 414 g/mol. The molecule has 0 aliphatic carbocycles. The van der Waals surface area contributed by atoms with Crippen LogP contribution in [0.2, 0.25) is 0 Å².